The van der Waals surface area contributed by atoms with Crippen LogP contribution in [0.1, 0.15) is 51.0 Å². The fourth-order valence-corrected chi connectivity index (χ4v) is 2.99. The average molecular weight is 267 g/mol. The first-order valence-electron chi connectivity index (χ1n) is 6.85. The third-order valence-corrected chi connectivity index (χ3v) is 4.49. The Morgan fingerprint density at radius 3 is 2.56 bits per heavy atom. The van der Waals surface area contributed by atoms with Crippen LogP contribution in [0.2, 0.25) is 0 Å². The maximum Gasteiger partial charge on any atom is 0.0631 e. The van der Waals surface area contributed by atoms with Crippen molar-refractivity contribution in [2.45, 2.75) is 57.1 Å². The highest BCUT2D eigenvalue weighted by molar-refractivity contribution is 6.20. The standard InChI is InChI=1S/C16H23ClO/c1-12(11-14-9-10-16(2,3)18-14)15(17)13-7-5-4-6-8-13/h4-8,12,14-15H,9-11H2,1-3H3. The summed E-state index contributed by atoms with van der Waals surface area (Å²) in [6, 6.07) is 10.3. The van der Waals surface area contributed by atoms with Crippen LogP contribution in [0.5, 0.6) is 0 Å². The van der Waals surface area contributed by atoms with E-state index in [-0.39, 0.29) is 11.0 Å². The van der Waals surface area contributed by atoms with E-state index in [0.717, 1.165) is 19.3 Å². The van der Waals surface area contributed by atoms with Crippen LogP contribution in [0.3, 0.4) is 0 Å². The molecule has 1 heterocycles. The summed E-state index contributed by atoms with van der Waals surface area (Å²) in [4.78, 5) is 0. The van der Waals surface area contributed by atoms with Gasteiger partial charge in [0.1, 0.15) is 0 Å². The van der Waals surface area contributed by atoms with Gasteiger partial charge in [-0.3, -0.25) is 0 Å². The molecule has 1 fully saturated rings. The molecule has 0 aromatic heterocycles. The zero-order chi connectivity index (χ0) is 13.2. The van der Waals surface area contributed by atoms with Crippen molar-refractivity contribution in [3.8, 4) is 0 Å². The van der Waals surface area contributed by atoms with Crippen LogP contribution in [0.25, 0.3) is 0 Å². The zero-order valence-corrected chi connectivity index (χ0v) is 12.3. The van der Waals surface area contributed by atoms with Gasteiger partial charge in [0.05, 0.1) is 17.1 Å². The third-order valence-electron chi connectivity index (χ3n) is 3.81. The van der Waals surface area contributed by atoms with Gasteiger partial charge in [0, 0.05) is 0 Å². The molecule has 0 spiro atoms. The molecule has 0 aliphatic carbocycles. The summed E-state index contributed by atoms with van der Waals surface area (Å²) in [5, 5.41) is 0.0820. The van der Waals surface area contributed by atoms with Crippen LogP contribution in [0.4, 0.5) is 0 Å². The first-order chi connectivity index (χ1) is 8.48. The number of ether oxygens (including phenoxy) is 1. The molecule has 1 aromatic rings. The lowest BCUT2D eigenvalue weighted by Gasteiger charge is -2.24. The van der Waals surface area contributed by atoms with Crippen molar-refractivity contribution in [2.24, 2.45) is 5.92 Å². The molecule has 2 rings (SSSR count). The maximum absolute atomic E-state index is 6.55. The second kappa shape index (κ2) is 5.63. The van der Waals surface area contributed by atoms with Crippen molar-refractivity contribution in [3.63, 3.8) is 0 Å². The monoisotopic (exact) mass is 266 g/mol. The molecule has 1 aliphatic rings. The molecule has 3 unspecified atom stereocenters. The molecule has 1 aliphatic heterocycles. The quantitative estimate of drug-likeness (QED) is 0.701. The van der Waals surface area contributed by atoms with Crippen molar-refractivity contribution in [1.82, 2.24) is 0 Å². The Bertz CT molecular complexity index is 374. The molecule has 18 heavy (non-hydrogen) atoms. The lowest BCUT2D eigenvalue weighted by atomic mass is 9.93. The SMILES string of the molecule is CC(CC1CCC(C)(C)O1)C(Cl)c1ccccc1. The molecule has 0 amide bonds. The summed E-state index contributed by atoms with van der Waals surface area (Å²) in [6.07, 6.45) is 3.74. The van der Waals surface area contributed by atoms with Crippen LogP contribution in [-0.4, -0.2) is 11.7 Å². The normalized spacial score (nSPS) is 25.9. The molecule has 1 aromatic carbocycles. The van der Waals surface area contributed by atoms with Crippen molar-refractivity contribution >= 4 is 11.6 Å². The minimum Gasteiger partial charge on any atom is -0.372 e. The van der Waals surface area contributed by atoms with E-state index in [1.165, 1.54) is 5.56 Å². The molecule has 1 saturated heterocycles. The van der Waals surface area contributed by atoms with E-state index in [0.29, 0.717) is 12.0 Å². The van der Waals surface area contributed by atoms with Gasteiger partial charge in [-0.25, -0.2) is 0 Å². The first kappa shape index (κ1) is 13.9. The van der Waals surface area contributed by atoms with Crippen molar-refractivity contribution in [1.29, 1.82) is 0 Å². The predicted molar refractivity (Wildman–Crippen MR) is 77.0 cm³/mol. The second-order valence-electron chi connectivity index (χ2n) is 6.06. The molecular weight excluding hydrogens is 244 g/mol. The molecule has 100 valence electrons. The molecule has 0 N–H and O–H groups in total. The Kier molecular flexibility index (Phi) is 4.34. The van der Waals surface area contributed by atoms with Crippen LogP contribution in [-0.2, 0) is 4.74 Å². The fourth-order valence-electron chi connectivity index (χ4n) is 2.74. The Balaban J connectivity index is 1.90. The molecule has 2 heteroatoms. The van der Waals surface area contributed by atoms with Gasteiger partial charge in [-0.15, -0.1) is 11.6 Å². The lowest BCUT2D eigenvalue weighted by molar-refractivity contribution is -0.0238. The van der Waals surface area contributed by atoms with Gasteiger partial charge in [-0.05, 0) is 44.6 Å². The number of hydrogen-bond acceptors (Lipinski definition) is 1. The van der Waals surface area contributed by atoms with Gasteiger partial charge in [0.15, 0.2) is 0 Å². The highest BCUT2D eigenvalue weighted by Crippen LogP contribution is 2.37. The van der Waals surface area contributed by atoms with E-state index < -0.39 is 0 Å². The van der Waals surface area contributed by atoms with Crippen LogP contribution in [0.15, 0.2) is 30.3 Å². The topological polar surface area (TPSA) is 9.23 Å². The number of hydrogen-bond donors (Lipinski definition) is 0. The van der Waals surface area contributed by atoms with E-state index in [2.05, 4.69) is 32.9 Å². The van der Waals surface area contributed by atoms with E-state index >= 15 is 0 Å². The highest BCUT2D eigenvalue weighted by atomic mass is 35.5. The lowest BCUT2D eigenvalue weighted by Crippen LogP contribution is -2.22. The minimum atomic E-state index is 0.0545. The van der Waals surface area contributed by atoms with Gasteiger partial charge in [-0.2, -0.15) is 0 Å². The fraction of sp³-hybridized carbons (Fsp3) is 0.625. The highest BCUT2D eigenvalue weighted by Gasteiger charge is 2.33. The number of halogens is 1. The predicted octanol–water partition coefficient (Wildman–Crippen LogP) is 4.95. The maximum atomic E-state index is 6.55. The summed E-state index contributed by atoms with van der Waals surface area (Å²) in [5.41, 5.74) is 1.27. The van der Waals surface area contributed by atoms with Crippen LogP contribution < -0.4 is 0 Å². The van der Waals surface area contributed by atoms with Crippen LogP contribution in [0, 0.1) is 5.92 Å². The zero-order valence-electron chi connectivity index (χ0n) is 11.5. The van der Waals surface area contributed by atoms with Crippen molar-refractivity contribution in [2.75, 3.05) is 0 Å². The van der Waals surface area contributed by atoms with E-state index in [9.17, 15) is 0 Å². The summed E-state index contributed by atoms with van der Waals surface area (Å²) < 4.78 is 6.05. The molecule has 3 atom stereocenters. The Labute approximate surface area is 115 Å². The number of benzene rings is 1. The van der Waals surface area contributed by atoms with Gasteiger partial charge in [0.25, 0.3) is 0 Å². The van der Waals surface area contributed by atoms with Crippen molar-refractivity contribution in [3.05, 3.63) is 35.9 Å². The molecule has 0 saturated carbocycles. The summed E-state index contributed by atoms with van der Waals surface area (Å²) >= 11 is 6.55. The molecule has 0 radical (unpaired) electrons. The molecular formula is C16H23ClO. The third kappa shape index (κ3) is 3.49. The smallest absolute Gasteiger partial charge is 0.0631 e. The number of alkyl halides is 1. The Morgan fingerprint density at radius 1 is 1.33 bits per heavy atom. The van der Waals surface area contributed by atoms with E-state index in [4.69, 9.17) is 16.3 Å². The summed E-state index contributed by atoms with van der Waals surface area (Å²) in [5.74, 6) is 0.438. The summed E-state index contributed by atoms with van der Waals surface area (Å²) in [7, 11) is 0. The average Bonchev–Trinajstić information content (AvgIpc) is 2.68. The minimum absolute atomic E-state index is 0.0545. The van der Waals surface area contributed by atoms with Gasteiger partial charge in [0.2, 0.25) is 0 Å². The Hall–Kier alpha value is -0.530. The van der Waals surface area contributed by atoms with Gasteiger partial charge in [-0.1, -0.05) is 37.3 Å². The van der Waals surface area contributed by atoms with Gasteiger partial charge < -0.3 is 4.74 Å². The number of rotatable bonds is 4. The van der Waals surface area contributed by atoms with Gasteiger partial charge >= 0.3 is 0 Å². The van der Waals surface area contributed by atoms with E-state index in [1.54, 1.807) is 0 Å². The second-order valence-corrected chi connectivity index (χ2v) is 6.53. The first-order valence-corrected chi connectivity index (χ1v) is 7.28. The Morgan fingerprint density at radius 2 is 2.00 bits per heavy atom. The largest absolute Gasteiger partial charge is 0.372 e. The van der Waals surface area contributed by atoms with Crippen molar-refractivity contribution < 1.29 is 4.74 Å². The summed E-state index contributed by atoms with van der Waals surface area (Å²) in [6.45, 7) is 6.57. The molecule has 0 bridgehead atoms. The van der Waals surface area contributed by atoms with Crippen LogP contribution >= 0.6 is 11.6 Å². The molecule has 1 nitrogen and oxygen atoms in total. The van der Waals surface area contributed by atoms with E-state index in [1.807, 2.05) is 18.2 Å².